The van der Waals surface area contributed by atoms with Gasteiger partial charge < -0.3 is 4.90 Å². The fourth-order valence-corrected chi connectivity index (χ4v) is 5.86. The third-order valence-electron chi connectivity index (χ3n) is 4.44. The quantitative estimate of drug-likeness (QED) is 0.928. The van der Waals surface area contributed by atoms with Crippen LogP contribution in [0, 0.1) is 6.92 Å². The number of carbonyl (C=O) groups excluding carboxylic acids is 1. The summed E-state index contributed by atoms with van der Waals surface area (Å²) in [6, 6.07) is 0. The number of thioether (sulfide) groups is 2. The van der Waals surface area contributed by atoms with E-state index < -0.39 is 0 Å². The molecule has 21 heavy (non-hydrogen) atoms. The lowest BCUT2D eigenvalue weighted by molar-refractivity contribution is -0.132. The van der Waals surface area contributed by atoms with E-state index in [-0.39, 0.29) is 0 Å². The number of piperidine rings is 1. The molecule has 4 nitrogen and oxygen atoms in total. The van der Waals surface area contributed by atoms with Crippen molar-refractivity contribution in [1.29, 1.82) is 0 Å². The van der Waals surface area contributed by atoms with Gasteiger partial charge in [0, 0.05) is 47.7 Å². The number of carbonyl (C=O) groups is 1. The van der Waals surface area contributed by atoms with Crippen LogP contribution in [-0.2, 0) is 4.79 Å². The number of hydrogen-bond donors (Lipinski definition) is 1. The molecule has 1 amide bonds. The molecule has 0 bridgehead atoms. The van der Waals surface area contributed by atoms with Crippen LogP contribution in [0.25, 0.3) is 0 Å². The molecular weight excluding hydrogens is 302 g/mol. The number of hydrogen-bond acceptors (Lipinski definition) is 4. The topological polar surface area (TPSA) is 49.0 Å². The summed E-state index contributed by atoms with van der Waals surface area (Å²) in [5.74, 6) is 4.50. The fourth-order valence-electron chi connectivity index (χ4n) is 3.19. The van der Waals surface area contributed by atoms with Gasteiger partial charge in [-0.15, -0.1) is 0 Å². The number of nitrogens with zero attached hydrogens (tertiary/aromatic N) is 2. The Kier molecular flexibility index (Phi) is 5.16. The van der Waals surface area contributed by atoms with Crippen molar-refractivity contribution in [3.63, 3.8) is 0 Å². The number of rotatable bonds is 3. The highest BCUT2D eigenvalue weighted by Gasteiger charge is 2.27. The summed E-state index contributed by atoms with van der Waals surface area (Å²) in [7, 11) is 0. The molecule has 116 valence electrons. The van der Waals surface area contributed by atoms with Crippen molar-refractivity contribution < 1.29 is 4.79 Å². The first-order valence-electron chi connectivity index (χ1n) is 7.71. The van der Waals surface area contributed by atoms with E-state index in [4.69, 9.17) is 0 Å². The Balaban J connectivity index is 1.48. The average Bonchev–Trinajstić information content (AvgIpc) is 2.94. The van der Waals surface area contributed by atoms with Crippen molar-refractivity contribution in [2.45, 2.75) is 37.4 Å². The van der Waals surface area contributed by atoms with Gasteiger partial charge in [-0.05, 0) is 31.2 Å². The molecule has 1 N–H and O–H groups in total. The average molecular weight is 326 g/mol. The molecule has 2 aliphatic rings. The van der Waals surface area contributed by atoms with Crippen LogP contribution in [0.1, 0.15) is 36.4 Å². The number of H-pyrrole nitrogens is 1. The maximum absolute atomic E-state index is 12.4. The predicted molar refractivity (Wildman–Crippen MR) is 90.1 cm³/mol. The van der Waals surface area contributed by atoms with Crippen LogP contribution in [0.2, 0.25) is 0 Å². The fraction of sp³-hybridized carbons (Fsp3) is 0.733. The number of aromatic nitrogens is 2. The van der Waals surface area contributed by atoms with Crippen molar-refractivity contribution in [3.05, 3.63) is 17.5 Å². The smallest absolute Gasteiger partial charge is 0.223 e. The predicted octanol–water partition coefficient (Wildman–Crippen LogP) is 2.66. The summed E-state index contributed by atoms with van der Waals surface area (Å²) in [5.41, 5.74) is 2.51. The third-order valence-corrected chi connectivity index (χ3v) is 7.29. The lowest BCUT2D eigenvalue weighted by Crippen LogP contribution is -2.39. The zero-order valence-corrected chi connectivity index (χ0v) is 14.1. The molecule has 1 atom stereocenters. The van der Waals surface area contributed by atoms with Gasteiger partial charge in [-0.1, -0.05) is 0 Å². The molecule has 0 aliphatic carbocycles. The zero-order valence-electron chi connectivity index (χ0n) is 12.5. The van der Waals surface area contributed by atoms with Crippen LogP contribution in [-0.4, -0.2) is 56.6 Å². The van der Waals surface area contributed by atoms with Crippen LogP contribution in [0.4, 0.5) is 0 Å². The monoisotopic (exact) mass is 325 g/mol. The zero-order chi connectivity index (χ0) is 14.7. The van der Waals surface area contributed by atoms with Gasteiger partial charge in [-0.2, -0.15) is 28.6 Å². The second-order valence-corrected chi connectivity index (χ2v) is 8.44. The number of aryl methyl sites for hydroxylation is 1. The van der Waals surface area contributed by atoms with Crippen LogP contribution in [0.15, 0.2) is 6.20 Å². The van der Waals surface area contributed by atoms with E-state index >= 15 is 0 Å². The molecule has 0 saturated carbocycles. The molecule has 6 heteroatoms. The molecule has 2 aliphatic heterocycles. The summed E-state index contributed by atoms with van der Waals surface area (Å²) in [6.45, 7) is 3.88. The van der Waals surface area contributed by atoms with Crippen LogP contribution >= 0.6 is 23.5 Å². The Morgan fingerprint density at radius 2 is 2.24 bits per heavy atom. The minimum atomic E-state index is 0.359. The van der Waals surface area contributed by atoms with Gasteiger partial charge in [-0.25, -0.2) is 0 Å². The second-order valence-electron chi connectivity index (χ2n) is 5.88. The third kappa shape index (κ3) is 3.77. The maximum Gasteiger partial charge on any atom is 0.223 e. The van der Waals surface area contributed by atoms with Gasteiger partial charge in [0.1, 0.15) is 0 Å². The van der Waals surface area contributed by atoms with E-state index in [0.717, 1.165) is 38.1 Å². The van der Waals surface area contributed by atoms with Gasteiger partial charge in [-0.3, -0.25) is 9.89 Å². The molecule has 0 aromatic carbocycles. The number of aromatic amines is 1. The first-order chi connectivity index (χ1) is 10.2. The van der Waals surface area contributed by atoms with Gasteiger partial charge in [0.15, 0.2) is 0 Å². The maximum atomic E-state index is 12.4. The van der Waals surface area contributed by atoms with Gasteiger partial charge >= 0.3 is 0 Å². The minimum absolute atomic E-state index is 0.359. The Hall–Kier alpha value is -0.620. The lowest BCUT2D eigenvalue weighted by Gasteiger charge is -2.33. The van der Waals surface area contributed by atoms with E-state index in [1.54, 1.807) is 0 Å². The number of nitrogens with one attached hydrogen (secondary N) is 1. The van der Waals surface area contributed by atoms with Crippen LogP contribution in [0.5, 0.6) is 0 Å². The molecule has 2 saturated heterocycles. The van der Waals surface area contributed by atoms with Crippen molar-refractivity contribution in [3.8, 4) is 0 Å². The largest absolute Gasteiger partial charge is 0.343 e. The molecular formula is C15H23N3OS2. The van der Waals surface area contributed by atoms with Crippen molar-refractivity contribution in [1.82, 2.24) is 15.1 Å². The van der Waals surface area contributed by atoms with Crippen molar-refractivity contribution in [2.75, 3.05) is 30.3 Å². The molecule has 0 spiro atoms. The van der Waals surface area contributed by atoms with Gasteiger partial charge in [0.2, 0.25) is 5.91 Å². The minimum Gasteiger partial charge on any atom is -0.343 e. The second kappa shape index (κ2) is 7.09. The summed E-state index contributed by atoms with van der Waals surface area (Å²) in [6.07, 6.45) is 4.82. The van der Waals surface area contributed by atoms with E-state index in [2.05, 4.69) is 22.0 Å². The molecule has 2 fully saturated rings. The van der Waals surface area contributed by atoms with Crippen molar-refractivity contribution in [2.24, 2.45) is 0 Å². The van der Waals surface area contributed by atoms with E-state index in [9.17, 15) is 4.79 Å². The van der Waals surface area contributed by atoms with Crippen molar-refractivity contribution >= 4 is 29.4 Å². The van der Waals surface area contributed by atoms with Crippen LogP contribution < -0.4 is 0 Å². The SMILES string of the molecule is Cc1[nH]ncc1C1CCN(C(=O)CC2CSCCS2)CC1. The van der Waals surface area contributed by atoms with E-state index in [1.807, 2.05) is 29.7 Å². The highest BCUT2D eigenvalue weighted by molar-refractivity contribution is 8.06. The Morgan fingerprint density at radius 1 is 1.43 bits per heavy atom. The summed E-state index contributed by atoms with van der Waals surface area (Å²) in [4.78, 5) is 14.5. The number of amides is 1. The normalized spacial score (nSPS) is 24.2. The highest BCUT2D eigenvalue weighted by Crippen LogP contribution is 2.31. The Bertz CT molecular complexity index is 477. The molecule has 1 unspecified atom stereocenters. The van der Waals surface area contributed by atoms with E-state index in [1.165, 1.54) is 22.8 Å². The Labute approximate surface area is 134 Å². The molecule has 0 radical (unpaired) electrons. The Morgan fingerprint density at radius 3 is 2.86 bits per heavy atom. The molecule has 1 aromatic heterocycles. The lowest BCUT2D eigenvalue weighted by atomic mass is 9.90. The first kappa shape index (κ1) is 15.3. The highest BCUT2D eigenvalue weighted by atomic mass is 32.2. The van der Waals surface area contributed by atoms with Gasteiger partial charge in [0.05, 0.1) is 6.20 Å². The van der Waals surface area contributed by atoms with E-state index in [0.29, 0.717) is 17.1 Å². The van der Waals surface area contributed by atoms with Crippen LogP contribution in [0.3, 0.4) is 0 Å². The number of likely N-dealkylation sites (tertiary alicyclic amines) is 1. The van der Waals surface area contributed by atoms with Gasteiger partial charge in [0.25, 0.3) is 0 Å². The molecule has 3 heterocycles. The summed E-state index contributed by atoms with van der Waals surface area (Å²) >= 11 is 3.97. The standard InChI is InChI=1S/C15H23N3OS2/c1-11-14(9-16-17-11)12-2-4-18(5-3-12)15(19)8-13-10-20-6-7-21-13/h9,12-13H,2-8,10H2,1H3,(H,16,17). The molecule has 3 rings (SSSR count). The first-order valence-corrected chi connectivity index (χ1v) is 9.91. The summed E-state index contributed by atoms with van der Waals surface area (Å²) in [5, 5.41) is 7.67. The summed E-state index contributed by atoms with van der Waals surface area (Å²) < 4.78 is 0. The molecule has 1 aromatic rings.